The first kappa shape index (κ1) is 18.5. The number of aromatic nitrogens is 2. The number of benzene rings is 3. The number of methoxy groups -OCH3 is 1. The molecule has 0 unspecified atom stereocenters. The van der Waals surface area contributed by atoms with Crippen molar-refractivity contribution in [3.8, 4) is 17.2 Å². The maximum atomic E-state index is 13.2. The van der Waals surface area contributed by atoms with Gasteiger partial charge in [0.05, 0.1) is 23.7 Å². The number of aryl methyl sites for hydroxylation is 1. The summed E-state index contributed by atoms with van der Waals surface area (Å²) in [5.41, 5.74) is 3.13. The third-order valence-corrected chi connectivity index (χ3v) is 4.72. The lowest BCUT2D eigenvalue weighted by Gasteiger charge is -2.12. The van der Waals surface area contributed by atoms with E-state index in [1.165, 1.54) is 7.11 Å². The summed E-state index contributed by atoms with van der Waals surface area (Å²) < 4.78 is 6.68. The van der Waals surface area contributed by atoms with Gasteiger partial charge in [-0.25, -0.2) is 4.98 Å². The van der Waals surface area contributed by atoms with Gasteiger partial charge in [-0.05, 0) is 55.0 Å². The molecule has 0 saturated carbocycles. The van der Waals surface area contributed by atoms with Crippen LogP contribution in [0.3, 0.4) is 0 Å². The van der Waals surface area contributed by atoms with Gasteiger partial charge in [-0.1, -0.05) is 42.0 Å². The molecule has 4 rings (SSSR count). The highest BCUT2D eigenvalue weighted by Gasteiger charge is 2.11. The van der Waals surface area contributed by atoms with Crippen molar-refractivity contribution in [1.82, 2.24) is 9.55 Å². The van der Waals surface area contributed by atoms with Crippen LogP contribution >= 0.6 is 0 Å². The summed E-state index contributed by atoms with van der Waals surface area (Å²) in [5.74, 6) is 0.965. The van der Waals surface area contributed by atoms with Gasteiger partial charge in [-0.15, -0.1) is 0 Å². The van der Waals surface area contributed by atoms with E-state index < -0.39 is 0 Å². The van der Waals surface area contributed by atoms with Crippen LogP contribution in [0, 0.1) is 6.92 Å². The van der Waals surface area contributed by atoms with Gasteiger partial charge in [0.25, 0.3) is 5.56 Å². The standard InChI is InChI=1S/C24H20N2O3/c1-16-7-11-18(12-8-16)26-23(25-20-6-4-3-5-19(20)24(26)28)14-10-17-9-13-22(29-2)21(27)15-17/h3-15,27H,1-2H3/b14-10+. The third kappa shape index (κ3) is 3.62. The van der Waals surface area contributed by atoms with E-state index in [9.17, 15) is 9.90 Å². The molecule has 0 aliphatic rings. The second kappa shape index (κ2) is 7.64. The number of hydrogen-bond donors (Lipinski definition) is 1. The number of phenols is 1. The molecule has 29 heavy (non-hydrogen) atoms. The molecule has 0 bridgehead atoms. The Hall–Kier alpha value is -3.86. The van der Waals surface area contributed by atoms with E-state index in [4.69, 9.17) is 9.72 Å². The smallest absolute Gasteiger partial charge is 0.266 e. The molecule has 0 amide bonds. The molecule has 1 aromatic heterocycles. The first-order valence-electron chi connectivity index (χ1n) is 9.21. The van der Waals surface area contributed by atoms with Gasteiger partial charge in [0.2, 0.25) is 0 Å². The molecule has 4 aromatic rings. The maximum Gasteiger partial charge on any atom is 0.266 e. The van der Waals surface area contributed by atoms with E-state index in [0.717, 1.165) is 16.8 Å². The largest absolute Gasteiger partial charge is 0.504 e. The minimum Gasteiger partial charge on any atom is -0.504 e. The van der Waals surface area contributed by atoms with Crippen LogP contribution in [0.2, 0.25) is 0 Å². The Kier molecular flexibility index (Phi) is 4.87. The summed E-state index contributed by atoms with van der Waals surface area (Å²) in [7, 11) is 1.50. The summed E-state index contributed by atoms with van der Waals surface area (Å²) >= 11 is 0. The Morgan fingerprint density at radius 2 is 1.76 bits per heavy atom. The first-order valence-corrected chi connectivity index (χ1v) is 9.21. The second-order valence-corrected chi connectivity index (χ2v) is 6.73. The molecule has 0 saturated heterocycles. The van der Waals surface area contributed by atoms with E-state index >= 15 is 0 Å². The molecular weight excluding hydrogens is 364 g/mol. The van der Waals surface area contributed by atoms with Crippen molar-refractivity contribution in [2.45, 2.75) is 6.92 Å². The van der Waals surface area contributed by atoms with E-state index in [-0.39, 0.29) is 11.3 Å². The van der Waals surface area contributed by atoms with Crippen LogP contribution in [-0.2, 0) is 0 Å². The molecule has 0 radical (unpaired) electrons. The molecule has 144 valence electrons. The predicted molar refractivity (Wildman–Crippen MR) is 116 cm³/mol. The van der Waals surface area contributed by atoms with Crippen LogP contribution < -0.4 is 10.3 Å². The molecule has 0 spiro atoms. The lowest BCUT2D eigenvalue weighted by atomic mass is 10.1. The molecule has 1 N–H and O–H groups in total. The zero-order valence-electron chi connectivity index (χ0n) is 16.2. The van der Waals surface area contributed by atoms with Crippen molar-refractivity contribution in [1.29, 1.82) is 0 Å². The molecular formula is C24H20N2O3. The Morgan fingerprint density at radius 1 is 1.00 bits per heavy atom. The van der Waals surface area contributed by atoms with Crippen LogP contribution in [0.15, 0.2) is 71.5 Å². The normalized spacial score (nSPS) is 11.2. The van der Waals surface area contributed by atoms with E-state index in [2.05, 4.69) is 0 Å². The zero-order chi connectivity index (χ0) is 20.4. The Bertz CT molecular complexity index is 1270. The van der Waals surface area contributed by atoms with Crippen LogP contribution in [0.1, 0.15) is 17.0 Å². The van der Waals surface area contributed by atoms with Gasteiger partial charge >= 0.3 is 0 Å². The van der Waals surface area contributed by atoms with Gasteiger partial charge in [-0.3, -0.25) is 9.36 Å². The van der Waals surface area contributed by atoms with Crippen molar-refractivity contribution in [2.24, 2.45) is 0 Å². The van der Waals surface area contributed by atoms with E-state index in [1.54, 1.807) is 34.9 Å². The van der Waals surface area contributed by atoms with Crippen LogP contribution in [0.25, 0.3) is 28.7 Å². The summed E-state index contributed by atoms with van der Waals surface area (Å²) in [6, 6.07) is 20.2. The van der Waals surface area contributed by atoms with Crippen molar-refractivity contribution in [2.75, 3.05) is 7.11 Å². The lowest BCUT2D eigenvalue weighted by molar-refractivity contribution is 0.373. The number of para-hydroxylation sites is 1. The Balaban J connectivity index is 1.88. The summed E-state index contributed by atoms with van der Waals surface area (Å²) in [6.45, 7) is 2.00. The van der Waals surface area contributed by atoms with Crippen LogP contribution in [-0.4, -0.2) is 21.8 Å². The number of nitrogens with zero attached hydrogens (tertiary/aromatic N) is 2. The molecule has 0 fully saturated rings. The average Bonchev–Trinajstić information content (AvgIpc) is 2.73. The van der Waals surface area contributed by atoms with Gasteiger partial charge in [0.15, 0.2) is 11.5 Å². The number of phenolic OH excluding ortho intramolecular Hbond substituents is 1. The van der Waals surface area contributed by atoms with E-state index in [0.29, 0.717) is 22.5 Å². The predicted octanol–water partition coefficient (Wildman–Crippen LogP) is 4.58. The summed E-state index contributed by atoms with van der Waals surface area (Å²) in [5, 5.41) is 10.6. The first-order chi connectivity index (χ1) is 14.1. The van der Waals surface area contributed by atoms with Gasteiger partial charge in [0.1, 0.15) is 5.82 Å². The van der Waals surface area contributed by atoms with Crippen molar-refractivity contribution >= 4 is 23.1 Å². The Labute approximate surface area is 168 Å². The lowest BCUT2D eigenvalue weighted by Crippen LogP contribution is -2.22. The fourth-order valence-electron chi connectivity index (χ4n) is 3.19. The van der Waals surface area contributed by atoms with Crippen molar-refractivity contribution < 1.29 is 9.84 Å². The zero-order valence-corrected chi connectivity index (χ0v) is 16.2. The molecule has 5 nitrogen and oxygen atoms in total. The molecule has 1 heterocycles. The second-order valence-electron chi connectivity index (χ2n) is 6.73. The number of rotatable bonds is 4. The number of hydrogen-bond acceptors (Lipinski definition) is 4. The van der Waals surface area contributed by atoms with E-state index in [1.807, 2.05) is 55.5 Å². The minimum absolute atomic E-state index is 0.0528. The van der Waals surface area contributed by atoms with Gasteiger partial charge in [0, 0.05) is 0 Å². The topological polar surface area (TPSA) is 64.3 Å². The molecule has 0 atom stereocenters. The number of fused-ring (bicyclic) bond motifs is 1. The molecule has 3 aromatic carbocycles. The fourth-order valence-corrected chi connectivity index (χ4v) is 3.19. The van der Waals surface area contributed by atoms with Crippen molar-refractivity contribution in [3.63, 3.8) is 0 Å². The summed E-state index contributed by atoms with van der Waals surface area (Å²) in [6.07, 6.45) is 3.58. The fraction of sp³-hybridized carbons (Fsp3) is 0.0833. The molecule has 0 aliphatic heterocycles. The SMILES string of the molecule is COc1ccc(/C=C/c2nc3ccccc3c(=O)n2-c2ccc(C)cc2)cc1O. The minimum atomic E-state index is -0.128. The number of aromatic hydroxyl groups is 1. The maximum absolute atomic E-state index is 13.2. The Morgan fingerprint density at radius 3 is 2.48 bits per heavy atom. The highest BCUT2D eigenvalue weighted by molar-refractivity contribution is 5.80. The monoisotopic (exact) mass is 384 g/mol. The quantitative estimate of drug-likeness (QED) is 0.559. The molecule has 5 heteroatoms. The highest BCUT2D eigenvalue weighted by atomic mass is 16.5. The van der Waals surface area contributed by atoms with Crippen LogP contribution in [0.5, 0.6) is 11.5 Å². The van der Waals surface area contributed by atoms with Crippen LogP contribution in [0.4, 0.5) is 0 Å². The summed E-state index contributed by atoms with van der Waals surface area (Å²) in [4.78, 5) is 17.9. The van der Waals surface area contributed by atoms with Gasteiger partial charge < -0.3 is 9.84 Å². The van der Waals surface area contributed by atoms with Crippen molar-refractivity contribution in [3.05, 3.63) is 94.0 Å². The average molecular weight is 384 g/mol. The van der Waals surface area contributed by atoms with Gasteiger partial charge in [-0.2, -0.15) is 0 Å². The third-order valence-electron chi connectivity index (χ3n) is 4.72. The number of ether oxygens (including phenoxy) is 1. The molecule has 0 aliphatic carbocycles. The highest BCUT2D eigenvalue weighted by Crippen LogP contribution is 2.27.